The van der Waals surface area contributed by atoms with E-state index in [0.717, 1.165) is 31.5 Å². The lowest BCUT2D eigenvalue weighted by Gasteiger charge is -2.15. The number of carbonyl (C=O) groups is 1. The number of halogens is 1. The summed E-state index contributed by atoms with van der Waals surface area (Å²) in [5.74, 6) is 0.251. The minimum atomic E-state index is 0.251. The average molecular weight is 268 g/mol. The Morgan fingerprint density at radius 1 is 1.44 bits per heavy atom. The van der Waals surface area contributed by atoms with Crippen molar-refractivity contribution in [3.63, 3.8) is 0 Å². The Bertz CT molecular complexity index is 405. The molecule has 1 aliphatic rings. The van der Waals surface area contributed by atoms with Crippen molar-refractivity contribution in [3.8, 4) is 0 Å². The molecule has 1 aromatic rings. The highest BCUT2D eigenvalue weighted by Gasteiger charge is 2.16. The quantitative estimate of drug-likeness (QED) is 0.828. The van der Waals surface area contributed by atoms with Crippen LogP contribution in [-0.2, 0) is 11.3 Å². The minimum absolute atomic E-state index is 0.251. The zero-order valence-electron chi connectivity index (χ0n) is 10.4. The number of nitrogens with one attached hydrogen (secondary N) is 1. The van der Waals surface area contributed by atoms with Gasteiger partial charge in [0.05, 0.1) is 5.02 Å². The average Bonchev–Trinajstić information content (AvgIpc) is 2.90. The first-order chi connectivity index (χ1) is 8.77. The van der Waals surface area contributed by atoms with Gasteiger partial charge in [-0.05, 0) is 24.5 Å². The molecule has 1 N–H and O–H groups in total. The smallest absolute Gasteiger partial charge is 0.223 e. The molecule has 0 aliphatic carbocycles. The maximum absolute atomic E-state index is 11.8. The molecule has 1 saturated heterocycles. The number of carbonyl (C=O) groups excluding carboxylic acids is 1. The zero-order valence-corrected chi connectivity index (χ0v) is 11.1. The molecule has 0 bridgehead atoms. The van der Waals surface area contributed by atoms with Crippen LogP contribution in [0.15, 0.2) is 18.5 Å². The number of likely N-dealkylation sites (tertiary alicyclic amines) is 1. The molecule has 0 radical (unpaired) electrons. The van der Waals surface area contributed by atoms with Crippen LogP contribution >= 0.6 is 11.6 Å². The summed E-state index contributed by atoms with van der Waals surface area (Å²) in [6, 6.07) is 1.89. The molecule has 0 saturated carbocycles. The lowest BCUT2D eigenvalue weighted by atomic mass is 10.2. The second kappa shape index (κ2) is 6.71. The molecule has 4 nitrogen and oxygen atoms in total. The molecule has 2 rings (SSSR count). The predicted molar refractivity (Wildman–Crippen MR) is 71.4 cm³/mol. The molecule has 0 aromatic carbocycles. The second-order valence-electron chi connectivity index (χ2n) is 4.48. The Kier molecular flexibility index (Phi) is 4.96. The van der Waals surface area contributed by atoms with E-state index in [1.165, 1.54) is 0 Å². The number of nitrogens with zero attached hydrogens (tertiary/aromatic N) is 2. The highest BCUT2D eigenvalue weighted by molar-refractivity contribution is 6.31. The van der Waals surface area contributed by atoms with Gasteiger partial charge >= 0.3 is 0 Å². The lowest BCUT2D eigenvalue weighted by Crippen LogP contribution is -2.30. The van der Waals surface area contributed by atoms with E-state index >= 15 is 0 Å². The van der Waals surface area contributed by atoms with Crippen LogP contribution in [0.2, 0.25) is 5.02 Å². The van der Waals surface area contributed by atoms with Crippen molar-refractivity contribution in [2.75, 3.05) is 19.6 Å². The van der Waals surface area contributed by atoms with Crippen molar-refractivity contribution in [1.82, 2.24) is 15.2 Å². The number of aromatic nitrogens is 1. The van der Waals surface area contributed by atoms with Gasteiger partial charge in [0.15, 0.2) is 0 Å². The zero-order chi connectivity index (χ0) is 12.8. The van der Waals surface area contributed by atoms with Crippen molar-refractivity contribution in [1.29, 1.82) is 0 Å². The van der Waals surface area contributed by atoms with Crippen molar-refractivity contribution in [2.24, 2.45) is 0 Å². The fraction of sp³-hybridized carbons (Fsp3) is 0.538. The Balaban J connectivity index is 1.67. The van der Waals surface area contributed by atoms with Crippen molar-refractivity contribution < 1.29 is 4.79 Å². The van der Waals surface area contributed by atoms with E-state index < -0.39 is 0 Å². The van der Waals surface area contributed by atoms with E-state index in [1.54, 1.807) is 12.4 Å². The van der Waals surface area contributed by atoms with Gasteiger partial charge < -0.3 is 10.2 Å². The third-order valence-electron chi connectivity index (χ3n) is 3.15. The van der Waals surface area contributed by atoms with Crippen LogP contribution in [0.1, 0.15) is 24.8 Å². The van der Waals surface area contributed by atoms with Gasteiger partial charge in [-0.2, -0.15) is 0 Å². The number of hydrogen-bond acceptors (Lipinski definition) is 3. The maximum Gasteiger partial charge on any atom is 0.223 e. The normalized spacial score (nSPS) is 15.1. The van der Waals surface area contributed by atoms with Crippen LogP contribution in [-0.4, -0.2) is 35.4 Å². The van der Waals surface area contributed by atoms with Crippen LogP contribution in [0.4, 0.5) is 0 Å². The Labute approximate surface area is 112 Å². The summed E-state index contributed by atoms with van der Waals surface area (Å²) in [4.78, 5) is 17.7. The van der Waals surface area contributed by atoms with E-state index in [2.05, 4.69) is 10.3 Å². The molecule has 0 unspecified atom stereocenters. The first-order valence-corrected chi connectivity index (χ1v) is 6.72. The van der Waals surface area contributed by atoms with Gasteiger partial charge in [-0.25, -0.2) is 0 Å². The van der Waals surface area contributed by atoms with E-state index in [1.807, 2.05) is 11.0 Å². The number of amides is 1. The van der Waals surface area contributed by atoms with E-state index in [4.69, 9.17) is 11.6 Å². The SMILES string of the molecule is O=C(CCNCc1ccncc1Cl)N1CCCC1. The summed E-state index contributed by atoms with van der Waals surface area (Å²) in [7, 11) is 0. The first-order valence-electron chi connectivity index (χ1n) is 6.34. The van der Waals surface area contributed by atoms with E-state index in [0.29, 0.717) is 24.5 Å². The highest BCUT2D eigenvalue weighted by atomic mass is 35.5. The summed E-state index contributed by atoms with van der Waals surface area (Å²) in [6.45, 7) is 3.21. The molecular formula is C13H18ClN3O. The fourth-order valence-electron chi connectivity index (χ4n) is 2.09. The van der Waals surface area contributed by atoms with Gasteiger partial charge in [0.1, 0.15) is 0 Å². The highest BCUT2D eigenvalue weighted by Crippen LogP contribution is 2.12. The summed E-state index contributed by atoms with van der Waals surface area (Å²) < 4.78 is 0. The molecule has 0 spiro atoms. The first kappa shape index (κ1) is 13.3. The Hall–Kier alpha value is -1.13. The van der Waals surface area contributed by atoms with Crippen molar-refractivity contribution >= 4 is 17.5 Å². The Morgan fingerprint density at radius 3 is 2.94 bits per heavy atom. The Morgan fingerprint density at radius 2 is 2.22 bits per heavy atom. The van der Waals surface area contributed by atoms with Gasteiger partial charge in [-0.3, -0.25) is 9.78 Å². The molecule has 1 fully saturated rings. The molecule has 2 heterocycles. The van der Waals surface area contributed by atoms with Gasteiger partial charge in [0.25, 0.3) is 0 Å². The monoisotopic (exact) mass is 267 g/mol. The third kappa shape index (κ3) is 3.68. The summed E-state index contributed by atoms with van der Waals surface area (Å²) in [6.07, 6.45) is 6.20. The molecule has 1 aliphatic heterocycles. The van der Waals surface area contributed by atoms with Gasteiger partial charge in [0, 0.05) is 45.0 Å². The number of hydrogen-bond donors (Lipinski definition) is 1. The lowest BCUT2D eigenvalue weighted by molar-refractivity contribution is -0.130. The molecule has 5 heteroatoms. The van der Waals surface area contributed by atoms with Crippen LogP contribution < -0.4 is 5.32 Å². The van der Waals surface area contributed by atoms with Crippen LogP contribution in [0.5, 0.6) is 0 Å². The second-order valence-corrected chi connectivity index (χ2v) is 4.89. The van der Waals surface area contributed by atoms with Gasteiger partial charge in [-0.15, -0.1) is 0 Å². The van der Waals surface area contributed by atoms with Gasteiger partial charge in [-0.1, -0.05) is 11.6 Å². The standard InChI is InChI=1S/C13H18ClN3O/c14-12-10-16-5-3-11(12)9-15-6-4-13(18)17-7-1-2-8-17/h3,5,10,15H,1-2,4,6-9H2. The fourth-order valence-corrected chi connectivity index (χ4v) is 2.28. The van der Waals surface area contributed by atoms with Crippen LogP contribution in [0, 0.1) is 0 Å². The summed E-state index contributed by atoms with van der Waals surface area (Å²) in [5, 5.41) is 3.90. The number of rotatable bonds is 5. The molecule has 0 atom stereocenters. The summed E-state index contributed by atoms with van der Waals surface area (Å²) >= 11 is 5.99. The molecule has 18 heavy (non-hydrogen) atoms. The van der Waals surface area contributed by atoms with Crippen molar-refractivity contribution in [3.05, 3.63) is 29.0 Å². The molecule has 1 amide bonds. The maximum atomic E-state index is 11.8. The van der Waals surface area contributed by atoms with Crippen LogP contribution in [0.3, 0.4) is 0 Å². The van der Waals surface area contributed by atoms with E-state index in [9.17, 15) is 4.79 Å². The largest absolute Gasteiger partial charge is 0.343 e. The van der Waals surface area contributed by atoms with Gasteiger partial charge in [0.2, 0.25) is 5.91 Å². The predicted octanol–water partition coefficient (Wildman–Crippen LogP) is 1.84. The molecule has 98 valence electrons. The third-order valence-corrected chi connectivity index (χ3v) is 3.49. The number of pyridine rings is 1. The summed E-state index contributed by atoms with van der Waals surface area (Å²) in [5.41, 5.74) is 1.01. The minimum Gasteiger partial charge on any atom is -0.343 e. The topological polar surface area (TPSA) is 45.2 Å². The molecule has 1 aromatic heterocycles. The molecular weight excluding hydrogens is 250 g/mol. The van der Waals surface area contributed by atoms with E-state index in [-0.39, 0.29) is 5.91 Å². The van der Waals surface area contributed by atoms with Crippen molar-refractivity contribution in [2.45, 2.75) is 25.8 Å². The van der Waals surface area contributed by atoms with Crippen LogP contribution in [0.25, 0.3) is 0 Å².